The first-order chi connectivity index (χ1) is 8.31. The van der Waals surface area contributed by atoms with Crippen molar-refractivity contribution >= 4 is 0 Å². The standard InChI is InChI=1S/C14H21NO2/c1-10-7-13(9-16-12-3-2-4-12)17-14(10)8-15-11-5-6-11/h7,11-12,15H,2-6,8-9H2,1H3. The van der Waals surface area contributed by atoms with Gasteiger partial charge in [-0.25, -0.2) is 0 Å². The Morgan fingerprint density at radius 3 is 2.82 bits per heavy atom. The van der Waals surface area contributed by atoms with Crippen LogP contribution < -0.4 is 5.32 Å². The van der Waals surface area contributed by atoms with Crippen LogP contribution in [0.3, 0.4) is 0 Å². The average molecular weight is 235 g/mol. The minimum atomic E-state index is 0.480. The number of ether oxygens (including phenoxy) is 1. The van der Waals surface area contributed by atoms with Gasteiger partial charge in [-0.1, -0.05) is 0 Å². The van der Waals surface area contributed by atoms with E-state index in [0.717, 1.165) is 24.1 Å². The van der Waals surface area contributed by atoms with E-state index in [9.17, 15) is 0 Å². The Bertz CT molecular complexity index is 378. The molecule has 2 fully saturated rings. The van der Waals surface area contributed by atoms with E-state index >= 15 is 0 Å². The summed E-state index contributed by atoms with van der Waals surface area (Å²) in [4.78, 5) is 0. The molecule has 1 aromatic heterocycles. The summed E-state index contributed by atoms with van der Waals surface area (Å²) in [7, 11) is 0. The number of furan rings is 1. The number of nitrogens with one attached hydrogen (secondary N) is 1. The third-order valence-corrected chi connectivity index (χ3v) is 3.71. The van der Waals surface area contributed by atoms with Crippen molar-refractivity contribution in [2.24, 2.45) is 0 Å². The van der Waals surface area contributed by atoms with E-state index in [0.29, 0.717) is 12.7 Å². The van der Waals surface area contributed by atoms with Crippen molar-refractivity contribution in [2.45, 2.75) is 64.3 Å². The first-order valence-corrected chi connectivity index (χ1v) is 6.74. The monoisotopic (exact) mass is 235 g/mol. The fourth-order valence-corrected chi connectivity index (χ4v) is 2.10. The summed E-state index contributed by atoms with van der Waals surface area (Å²) in [6, 6.07) is 2.84. The molecule has 3 nitrogen and oxygen atoms in total. The minimum Gasteiger partial charge on any atom is -0.462 e. The smallest absolute Gasteiger partial charge is 0.130 e. The molecule has 0 atom stereocenters. The molecule has 0 saturated heterocycles. The Kier molecular flexibility index (Phi) is 3.21. The molecular formula is C14H21NO2. The predicted octanol–water partition coefficient (Wildman–Crippen LogP) is 2.91. The van der Waals surface area contributed by atoms with Gasteiger partial charge >= 0.3 is 0 Å². The van der Waals surface area contributed by atoms with E-state index in [1.807, 2.05) is 0 Å². The van der Waals surface area contributed by atoms with E-state index in [-0.39, 0.29) is 0 Å². The normalized spacial score (nSPS) is 20.5. The molecule has 1 aromatic rings. The molecule has 0 amide bonds. The van der Waals surface area contributed by atoms with Crippen molar-refractivity contribution in [3.63, 3.8) is 0 Å². The van der Waals surface area contributed by atoms with Crippen LogP contribution in [-0.2, 0) is 17.9 Å². The van der Waals surface area contributed by atoms with Gasteiger partial charge < -0.3 is 14.5 Å². The van der Waals surface area contributed by atoms with Gasteiger partial charge in [0.1, 0.15) is 18.1 Å². The van der Waals surface area contributed by atoms with Crippen LogP contribution in [0.2, 0.25) is 0 Å². The van der Waals surface area contributed by atoms with Gasteiger partial charge in [-0.2, -0.15) is 0 Å². The molecule has 3 rings (SSSR count). The summed E-state index contributed by atoms with van der Waals surface area (Å²) in [5, 5.41) is 3.48. The highest BCUT2D eigenvalue weighted by Gasteiger charge is 2.22. The van der Waals surface area contributed by atoms with E-state index < -0.39 is 0 Å². The SMILES string of the molecule is Cc1cc(COC2CCC2)oc1CNC1CC1. The topological polar surface area (TPSA) is 34.4 Å². The van der Waals surface area contributed by atoms with Crippen molar-refractivity contribution in [2.75, 3.05) is 0 Å². The predicted molar refractivity (Wildman–Crippen MR) is 65.7 cm³/mol. The summed E-state index contributed by atoms with van der Waals surface area (Å²) < 4.78 is 11.6. The first-order valence-electron chi connectivity index (χ1n) is 6.74. The number of aryl methyl sites for hydroxylation is 1. The summed E-state index contributed by atoms with van der Waals surface area (Å²) in [5.41, 5.74) is 1.24. The van der Waals surface area contributed by atoms with Crippen molar-refractivity contribution in [1.82, 2.24) is 5.32 Å². The maximum Gasteiger partial charge on any atom is 0.130 e. The van der Waals surface area contributed by atoms with Gasteiger partial charge in [0.15, 0.2) is 0 Å². The van der Waals surface area contributed by atoms with Crippen molar-refractivity contribution < 1.29 is 9.15 Å². The molecule has 2 saturated carbocycles. The van der Waals surface area contributed by atoms with Crippen molar-refractivity contribution in [1.29, 1.82) is 0 Å². The lowest BCUT2D eigenvalue weighted by molar-refractivity contribution is -0.0160. The maximum absolute atomic E-state index is 5.82. The molecule has 0 unspecified atom stereocenters. The Morgan fingerprint density at radius 2 is 2.18 bits per heavy atom. The van der Waals surface area contributed by atoms with E-state index in [1.165, 1.54) is 37.7 Å². The van der Waals surface area contributed by atoms with E-state index in [1.54, 1.807) is 0 Å². The Balaban J connectivity index is 1.50. The van der Waals surface area contributed by atoms with Crippen LogP contribution >= 0.6 is 0 Å². The molecule has 2 aliphatic rings. The Hall–Kier alpha value is -0.800. The second-order valence-electron chi connectivity index (χ2n) is 5.34. The molecule has 0 radical (unpaired) electrons. The molecule has 0 bridgehead atoms. The number of rotatable bonds is 6. The van der Waals surface area contributed by atoms with Gasteiger partial charge in [-0.3, -0.25) is 0 Å². The molecule has 1 heterocycles. The van der Waals surface area contributed by atoms with Crippen LogP contribution in [0.25, 0.3) is 0 Å². The van der Waals surface area contributed by atoms with Crippen LogP contribution in [0.4, 0.5) is 0 Å². The second-order valence-corrected chi connectivity index (χ2v) is 5.34. The van der Waals surface area contributed by atoms with Gasteiger partial charge in [0.05, 0.1) is 12.6 Å². The molecule has 94 valence electrons. The van der Waals surface area contributed by atoms with Crippen LogP contribution in [-0.4, -0.2) is 12.1 Å². The zero-order valence-electron chi connectivity index (χ0n) is 10.5. The summed E-state index contributed by atoms with van der Waals surface area (Å²) >= 11 is 0. The van der Waals surface area contributed by atoms with Crippen molar-refractivity contribution in [3.05, 3.63) is 23.2 Å². The lowest BCUT2D eigenvalue weighted by Crippen LogP contribution is -2.21. The van der Waals surface area contributed by atoms with Gasteiger partial charge in [0.2, 0.25) is 0 Å². The molecule has 0 spiro atoms. The van der Waals surface area contributed by atoms with Gasteiger partial charge in [0, 0.05) is 6.04 Å². The quantitative estimate of drug-likeness (QED) is 0.823. The Morgan fingerprint density at radius 1 is 1.35 bits per heavy atom. The van der Waals surface area contributed by atoms with Gasteiger partial charge in [-0.05, 0) is 50.7 Å². The number of hydrogen-bond donors (Lipinski definition) is 1. The molecule has 2 aliphatic carbocycles. The lowest BCUT2D eigenvalue weighted by Gasteiger charge is -2.24. The zero-order chi connectivity index (χ0) is 11.7. The van der Waals surface area contributed by atoms with Crippen LogP contribution in [0, 0.1) is 6.92 Å². The van der Waals surface area contributed by atoms with Crippen molar-refractivity contribution in [3.8, 4) is 0 Å². The molecule has 17 heavy (non-hydrogen) atoms. The number of hydrogen-bond acceptors (Lipinski definition) is 3. The fraction of sp³-hybridized carbons (Fsp3) is 0.714. The zero-order valence-corrected chi connectivity index (χ0v) is 10.5. The van der Waals surface area contributed by atoms with Crippen LogP contribution in [0.5, 0.6) is 0 Å². The summed E-state index contributed by atoms with van der Waals surface area (Å²) in [5.74, 6) is 2.05. The summed E-state index contributed by atoms with van der Waals surface area (Å²) in [6.45, 7) is 3.61. The summed E-state index contributed by atoms with van der Waals surface area (Å²) in [6.07, 6.45) is 6.87. The highest BCUT2D eigenvalue weighted by atomic mass is 16.5. The van der Waals surface area contributed by atoms with E-state index in [4.69, 9.17) is 9.15 Å². The highest BCUT2D eigenvalue weighted by Crippen LogP contribution is 2.25. The third-order valence-electron chi connectivity index (χ3n) is 3.71. The van der Waals surface area contributed by atoms with E-state index in [2.05, 4.69) is 18.3 Å². The van der Waals surface area contributed by atoms with Crippen LogP contribution in [0.1, 0.15) is 49.2 Å². The molecular weight excluding hydrogens is 214 g/mol. The fourth-order valence-electron chi connectivity index (χ4n) is 2.10. The molecule has 3 heteroatoms. The largest absolute Gasteiger partial charge is 0.462 e. The Labute approximate surface area is 103 Å². The molecule has 0 aliphatic heterocycles. The molecule has 0 aromatic carbocycles. The third kappa shape index (κ3) is 2.90. The average Bonchev–Trinajstić information content (AvgIpc) is 2.99. The molecule has 1 N–H and O–H groups in total. The second kappa shape index (κ2) is 4.83. The highest BCUT2D eigenvalue weighted by molar-refractivity contribution is 5.19. The maximum atomic E-state index is 5.82. The van der Waals surface area contributed by atoms with Crippen LogP contribution in [0.15, 0.2) is 10.5 Å². The lowest BCUT2D eigenvalue weighted by atomic mass is 9.96. The minimum absolute atomic E-state index is 0.480. The van der Waals surface area contributed by atoms with Gasteiger partial charge in [0.25, 0.3) is 0 Å². The van der Waals surface area contributed by atoms with Gasteiger partial charge in [-0.15, -0.1) is 0 Å². The first kappa shape index (κ1) is 11.3.